The van der Waals surface area contributed by atoms with E-state index in [0.717, 1.165) is 31.6 Å². The van der Waals surface area contributed by atoms with Gasteiger partial charge in [0, 0.05) is 12.6 Å². The van der Waals surface area contributed by atoms with Gasteiger partial charge in [-0.1, -0.05) is 30.3 Å². The van der Waals surface area contributed by atoms with Crippen molar-refractivity contribution >= 4 is 28.8 Å². The smallest absolute Gasteiger partial charge is 0.320 e. The molecule has 3 heterocycles. The van der Waals surface area contributed by atoms with E-state index in [-0.39, 0.29) is 18.1 Å². The van der Waals surface area contributed by atoms with Crippen LogP contribution in [0, 0.1) is 0 Å². The highest BCUT2D eigenvalue weighted by Gasteiger charge is 2.21. The summed E-state index contributed by atoms with van der Waals surface area (Å²) in [4.78, 5) is 28.3. The number of ether oxygens (including phenoxy) is 1. The summed E-state index contributed by atoms with van der Waals surface area (Å²) in [5.41, 5.74) is 2.52. The standard InChI is InChI=1S/C24H30N6O2/c1-17(7-6-10-19-8-4-3-5-9-19)26-24(31)28-21-12-11-20-23(27-21)29-22(15-25-20)30-13-14-32-16-18(30)2/h3-5,8-9,11-12,15,17-18H,6-7,10,13-14,16H2,1-2H3,(H2,26,27,28,29,31)/t17?,18-/m0/s1. The van der Waals surface area contributed by atoms with Crippen molar-refractivity contribution in [3.05, 3.63) is 54.2 Å². The zero-order chi connectivity index (χ0) is 22.3. The van der Waals surface area contributed by atoms with Gasteiger partial charge in [-0.2, -0.15) is 0 Å². The van der Waals surface area contributed by atoms with Crippen molar-refractivity contribution in [2.75, 3.05) is 30.0 Å². The molecule has 2 N–H and O–H groups in total. The second kappa shape index (κ2) is 10.4. The molecule has 2 aromatic heterocycles. The van der Waals surface area contributed by atoms with Gasteiger partial charge in [-0.3, -0.25) is 5.32 Å². The van der Waals surface area contributed by atoms with Crippen molar-refractivity contribution in [3.63, 3.8) is 0 Å². The fourth-order valence-electron chi connectivity index (χ4n) is 3.87. The summed E-state index contributed by atoms with van der Waals surface area (Å²) in [5.74, 6) is 1.22. The van der Waals surface area contributed by atoms with Crippen molar-refractivity contribution in [3.8, 4) is 0 Å². The number of morpholine rings is 1. The molecule has 1 aliphatic heterocycles. The molecule has 0 aliphatic carbocycles. The fourth-order valence-corrected chi connectivity index (χ4v) is 3.87. The average Bonchev–Trinajstić information content (AvgIpc) is 2.79. The first-order chi connectivity index (χ1) is 15.6. The molecular weight excluding hydrogens is 404 g/mol. The number of rotatable bonds is 7. The second-order valence-electron chi connectivity index (χ2n) is 8.26. The molecule has 168 valence electrons. The van der Waals surface area contributed by atoms with E-state index in [9.17, 15) is 4.79 Å². The number of hydrogen-bond donors (Lipinski definition) is 2. The molecule has 2 atom stereocenters. The third-order valence-electron chi connectivity index (χ3n) is 5.62. The normalized spacial score (nSPS) is 17.2. The number of carbonyl (C=O) groups is 1. The molecule has 32 heavy (non-hydrogen) atoms. The maximum Gasteiger partial charge on any atom is 0.320 e. The largest absolute Gasteiger partial charge is 0.377 e. The number of amides is 2. The monoisotopic (exact) mass is 434 g/mol. The Morgan fingerprint density at radius 1 is 1.22 bits per heavy atom. The van der Waals surface area contributed by atoms with Crippen LogP contribution in [0.1, 0.15) is 32.3 Å². The van der Waals surface area contributed by atoms with Gasteiger partial charge in [0.25, 0.3) is 0 Å². The number of benzene rings is 1. The molecule has 1 aromatic carbocycles. The van der Waals surface area contributed by atoms with Gasteiger partial charge in [-0.15, -0.1) is 0 Å². The molecule has 2 amide bonds. The van der Waals surface area contributed by atoms with Gasteiger partial charge >= 0.3 is 6.03 Å². The lowest BCUT2D eigenvalue weighted by atomic mass is 10.1. The van der Waals surface area contributed by atoms with Gasteiger partial charge < -0.3 is 15.0 Å². The van der Waals surface area contributed by atoms with Crippen molar-refractivity contribution in [1.29, 1.82) is 0 Å². The van der Waals surface area contributed by atoms with Crippen LogP contribution in [0.5, 0.6) is 0 Å². The zero-order valence-corrected chi connectivity index (χ0v) is 18.6. The molecule has 0 saturated carbocycles. The maximum atomic E-state index is 12.4. The van der Waals surface area contributed by atoms with Gasteiger partial charge in [-0.05, 0) is 50.8 Å². The topological polar surface area (TPSA) is 92.3 Å². The average molecular weight is 435 g/mol. The third-order valence-corrected chi connectivity index (χ3v) is 5.62. The first-order valence-corrected chi connectivity index (χ1v) is 11.2. The molecule has 3 aromatic rings. The van der Waals surface area contributed by atoms with E-state index in [1.165, 1.54) is 5.56 Å². The summed E-state index contributed by atoms with van der Waals surface area (Å²) in [6.45, 7) is 6.21. The predicted octanol–water partition coefficient (Wildman–Crippen LogP) is 3.78. The summed E-state index contributed by atoms with van der Waals surface area (Å²) in [5, 5.41) is 5.80. The van der Waals surface area contributed by atoms with Crippen molar-refractivity contribution < 1.29 is 9.53 Å². The molecule has 8 heteroatoms. The molecule has 1 saturated heterocycles. The quantitative estimate of drug-likeness (QED) is 0.588. The molecule has 8 nitrogen and oxygen atoms in total. The highest BCUT2D eigenvalue weighted by molar-refractivity contribution is 5.89. The third kappa shape index (κ3) is 5.70. The van der Waals surface area contributed by atoms with Crippen LogP contribution in [0.3, 0.4) is 0 Å². The minimum absolute atomic E-state index is 0.0633. The van der Waals surface area contributed by atoms with Crippen LogP contribution in [0.15, 0.2) is 48.7 Å². The van der Waals surface area contributed by atoms with Gasteiger partial charge in [0.05, 0.1) is 25.5 Å². The summed E-state index contributed by atoms with van der Waals surface area (Å²) >= 11 is 0. The first-order valence-electron chi connectivity index (χ1n) is 11.2. The predicted molar refractivity (Wildman–Crippen MR) is 126 cm³/mol. The van der Waals surface area contributed by atoms with E-state index < -0.39 is 0 Å². The number of aryl methyl sites for hydroxylation is 1. The Morgan fingerprint density at radius 2 is 2.06 bits per heavy atom. The number of carbonyl (C=O) groups excluding carboxylic acids is 1. The SMILES string of the molecule is CC(CCCc1ccccc1)NC(=O)Nc1ccc2ncc(N3CCOC[C@@H]3C)nc2n1. The molecule has 4 rings (SSSR count). The first kappa shape index (κ1) is 22.0. The second-order valence-corrected chi connectivity index (χ2v) is 8.26. The Labute approximate surface area is 188 Å². The van der Waals surface area contributed by atoms with Crippen LogP contribution >= 0.6 is 0 Å². The minimum atomic E-state index is -0.269. The van der Waals surface area contributed by atoms with E-state index in [1.54, 1.807) is 12.3 Å². The number of nitrogens with one attached hydrogen (secondary N) is 2. The van der Waals surface area contributed by atoms with Crippen LogP contribution in [-0.2, 0) is 11.2 Å². The van der Waals surface area contributed by atoms with E-state index in [4.69, 9.17) is 4.74 Å². The van der Waals surface area contributed by atoms with Crippen LogP contribution in [0.4, 0.5) is 16.4 Å². The Hall–Kier alpha value is -3.26. The lowest BCUT2D eigenvalue weighted by Crippen LogP contribution is -2.44. The van der Waals surface area contributed by atoms with Gasteiger partial charge in [-0.25, -0.2) is 19.7 Å². The molecule has 0 bridgehead atoms. The van der Waals surface area contributed by atoms with Gasteiger partial charge in [0.2, 0.25) is 0 Å². The Morgan fingerprint density at radius 3 is 2.88 bits per heavy atom. The number of pyridine rings is 1. The maximum absolute atomic E-state index is 12.4. The molecule has 1 aliphatic rings. The Bertz CT molecular complexity index is 1050. The lowest BCUT2D eigenvalue weighted by molar-refractivity contribution is 0.0985. The van der Waals surface area contributed by atoms with Gasteiger partial charge in [0.15, 0.2) is 5.65 Å². The molecule has 1 unspecified atom stereocenters. The van der Waals surface area contributed by atoms with E-state index >= 15 is 0 Å². The minimum Gasteiger partial charge on any atom is -0.377 e. The Balaban J connectivity index is 1.33. The van der Waals surface area contributed by atoms with Crippen LogP contribution in [0.25, 0.3) is 11.2 Å². The van der Waals surface area contributed by atoms with E-state index in [2.05, 4.69) is 61.7 Å². The fraction of sp³-hybridized carbons (Fsp3) is 0.417. The summed E-state index contributed by atoms with van der Waals surface area (Å²) in [6, 6.07) is 14.0. The number of fused-ring (bicyclic) bond motifs is 1. The summed E-state index contributed by atoms with van der Waals surface area (Å²) < 4.78 is 5.50. The molecule has 1 fully saturated rings. The molecular formula is C24H30N6O2. The molecule has 0 spiro atoms. The number of urea groups is 1. The lowest BCUT2D eigenvalue weighted by Gasteiger charge is -2.33. The van der Waals surface area contributed by atoms with Crippen LogP contribution < -0.4 is 15.5 Å². The van der Waals surface area contributed by atoms with Crippen LogP contribution in [0.2, 0.25) is 0 Å². The van der Waals surface area contributed by atoms with Crippen molar-refractivity contribution in [2.24, 2.45) is 0 Å². The zero-order valence-electron chi connectivity index (χ0n) is 18.6. The highest BCUT2D eigenvalue weighted by atomic mass is 16.5. The Kier molecular flexibility index (Phi) is 7.11. The van der Waals surface area contributed by atoms with Crippen molar-refractivity contribution in [2.45, 2.75) is 45.2 Å². The van der Waals surface area contributed by atoms with E-state index in [1.807, 2.05) is 19.1 Å². The number of aromatic nitrogens is 3. The number of nitrogens with zero attached hydrogens (tertiary/aromatic N) is 4. The van der Waals surface area contributed by atoms with Gasteiger partial charge in [0.1, 0.15) is 17.2 Å². The summed E-state index contributed by atoms with van der Waals surface area (Å²) in [7, 11) is 0. The number of hydrogen-bond acceptors (Lipinski definition) is 6. The molecule has 0 radical (unpaired) electrons. The number of anilines is 2. The summed E-state index contributed by atoms with van der Waals surface area (Å²) in [6.07, 6.45) is 4.68. The highest BCUT2D eigenvalue weighted by Crippen LogP contribution is 2.20. The van der Waals surface area contributed by atoms with Crippen molar-refractivity contribution in [1.82, 2.24) is 20.3 Å². The van der Waals surface area contributed by atoms with Crippen LogP contribution in [-0.4, -0.2) is 52.8 Å². The van der Waals surface area contributed by atoms with E-state index in [0.29, 0.717) is 30.2 Å².